The van der Waals surface area contributed by atoms with Gasteiger partial charge >= 0.3 is 15.6 Å². The molecular weight excluding hydrogens is 1110 g/mol. The summed E-state index contributed by atoms with van der Waals surface area (Å²) < 4.78 is 104. The molecule has 1 unspecified atom stereocenters. The summed E-state index contributed by atoms with van der Waals surface area (Å²) in [6, 6.07) is 44.1. The lowest BCUT2D eigenvalue weighted by molar-refractivity contribution is -0.130. The number of benzene rings is 5. The monoisotopic (exact) mass is 1160 g/mol. The normalized spacial score (nSPS) is 15.7. The molecule has 0 N–H and O–H groups in total. The summed E-state index contributed by atoms with van der Waals surface area (Å²) >= 11 is 0. The van der Waals surface area contributed by atoms with E-state index in [0.29, 0.717) is 56.6 Å². The van der Waals surface area contributed by atoms with Gasteiger partial charge in [-0.15, -0.1) is 0 Å². The molecule has 422 valence electrons. The summed E-state index contributed by atoms with van der Waals surface area (Å²) in [5, 5.41) is 0.402. The van der Waals surface area contributed by atoms with Crippen molar-refractivity contribution >= 4 is 52.4 Å². The molecule has 0 saturated heterocycles. The number of pyridine rings is 3. The van der Waals surface area contributed by atoms with Crippen molar-refractivity contribution in [1.82, 2.24) is 14.5 Å². The molecule has 0 saturated carbocycles. The first-order valence-corrected chi connectivity index (χ1v) is 29.8. The number of hydrogen-bond acceptors (Lipinski definition) is 16. The van der Waals surface area contributed by atoms with Gasteiger partial charge in [-0.25, -0.2) is 0 Å². The van der Waals surface area contributed by atoms with Crippen LogP contribution in [0.1, 0.15) is 21.6 Å². The van der Waals surface area contributed by atoms with Crippen molar-refractivity contribution < 1.29 is 73.3 Å². The quantitative estimate of drug-likeness (QED) is 0.0631. The van der Waals surface area contributed by atoms with Crippen LogP contribution in [0.3, 0.4) is 0 Å². The summed E-state index contributed by atoms with van der Waals surface area (Å²) in [6.07, 6.45) is 6.88. The van der Waals surface area contributed by atoms with Gasteiger partial charge in [0.2, 0.25) is 20.4 Å². The molecule has 0 spiro atoms. The largest absolute Gasteiger partial charge is 0.534 e. The molecule has 19 nitrogen and oxygen atoms in total. The summed E-state index contributed by atoms with van der Waals surface area (Å²) in [4.78, 5) is 58.6. The van der Waals surface area contributed by atoms with E-state index in [1.807, 2.05) is 86.4 Å². The first kappa shape index (κ1) is 57.0. The van der Waals surface area contributed by atoms with Crippen LogP contribution < -0.4 is 57.9 Å². The molecule has 2 amide bonds. The number of aromatic nitrogens is 3. The van der Waals surface area contributed by atoms with Crippen LogP contribution in [-0.4, -0.2) is 88.6 Å². The van der Waals surface area contributed by atoms with Gasteiger partial charge in [0.05, 0.1) is 36.4 Å². The summed E-state index contributed by atoms with van der Waals surface area (Å²) in [6.45, 7) is 5.87. The average Bonchev–Trinajstić information content (AvgIpc) is 4.41. The maximum absolute atomic E-state index is 13.4. The van der Waals surface area contributed by atoms with E-state index in [-0.39, 0.29) is 43.3 Å². The average molecular weight is 1160 g/mol. The van der Waals surface area contributed by atoms with E-state index in [9.17, 15) is 40.8 Å². The number of fused-ring (bicyclic) bond motifs is 5. The van der Waals surface area contributed by atoms with Gasteiger partial charge in [0.1, 0.15) is 11.5 Å². The van der Waals surface area contributed by atoms with Crippen molar-refractivity contribution in [3.63, 3.8) is 0 Å². The van der Waals surface area contributed by atoms with Crippen LogP contribution in [0, 0.1) is 0 Å². The number of carbonyl (C=O) groups excluding carboxylic acids is 3. The van der Waals surface area contributed by atoms with Crippen LogP contribution in [-0.2, 0) is 25.3 Å². The third-order valence-corrected chi connectivity index (χ3v) is 15.7. The molecule has 24 heteroatoms. The van der Waals surface area contributed by atoms with Crippen LogP contribution in [0.2, 0.25) is 19.6 Å². The smallest absolute Gasteiger partial charge is 0.466 e. The molecule has 8 aromatic rings. The Bertz CT molecular complexity index is 3830. The number of Topliss-reactive ketones (excluding diaryl/α,β-unsaturated/α-hetero) is 1. The van der Waals surface area contributed by atoms with Gasteiger partial charge < -0.3 is 47.1 Å². The number of likely N-dealkylation sites (N-methyl/N-ethyl adjacent to an activating group) is 2. The summed E-state index contributed by atoms with van der Waals surface area (Å²) in [5.74, 6) is 2.25. The van der Waals surface area contributed by atoms with Gasteiger partial charge in [0, 0.05) is 68.7 Å². The van der Waals surface area contributed by atoms with Crippen molar-refractivity contribution in [2.75, 3.05) is 44.3 Å². The summed E-state index contributed by atoms with van der Waals surface area (Å²) in [7, 11) is -4.55. The Labute approximate surface area is 468 Å². The Kier molecular flexibility index (Phi) is 16.4. The number of nitrogens with zero attached hydrogens (tertiary/aromatic N) is 5. The molecule has 0 aliphatic carbocycles. The number of anilines is 2. The lowest BCUT2D eigenvalue weighted by Crippen LogP contribution is -2.45. The highest BCUT2D eigenvalue weighted by atomic mass is 32.2. The van der Waals surface area contributed by atoms with Gasteiger partial charge in [-0.05, 0) is 84.0 Å². The first-order valence-electron chi connectivity index (χ1n) is 24.8. The topological polar surface area (TPSA) is 213 Å². The maximum atomic E-state index is 13.4. The second-order valence-electron chi connectivity index (χ2n) is 19.0. The van der Waals surface area contributed by atoms with Crippen LogP contribution in [0.25, 0.3) is 5.69 Å². The number of hydrogen-bond donors (Lipinski definition) is 0. The molecule has 0 fully saturated rings. The number of halogens is 3. The lowest BCUT2D eigenvalue weighted by atomic mass is 9.90. The van der Waals surface area contributed by atoms with Gasteiger partial charge in [-0.1, -0.05) is 68.2 Å². The van der Waals surface area contributed by atoms with Crippen molar-refractivity contribution in [2.24, 2.45) is 0 Å². The number of ketones is 1. The molecular formula is C58H50F3N5O14SSi. The van der Waals surface area contributed by atoms with Crippen molar-refractivity contribution in [3.8, 4) is 51.7 Å². The van der Waals surface area contributed by atoms with E-state index in [1.165, 1.54) is 17.0 Å². The van der Waals surface area contributed by atoms with Crippen LogP contribution in [0.4, 0.5) is 24.5 Å². The molecule has 1 atom stereocenters. The fourth-order valence-corrected chi connectivity index (χ4v) is 10.6. The highest BCUT2D eigenvalue weighted by Gasteiger charge is 2.55. The lowest BCUT2D eigenvalue weighted by Gasteiger charge is -2.29. The minimum absolute atomic E-state index is 0.0682. The number of amides is 2. The fourth-order valence-electron chi connectivity index (χ4n) is 8.68. The highest BCUT2D eigenvalue weighted by molar-refractivity contribution is 7.88. The molecule has 0 radical (unpaired) electrons. The van der Waals surface area contributed by atoms with Gasteiger partial charge in [0.25, 0.3) is 28.8 Å². The van der Waals surface area contributed by atoms with E-state index in [2.05, 4.69) is 14.2 Å². The van der Waals surface area contributed by atoms with Gasteiger partial charge in [-0.2, -0.15) is 21.6 Å². The Morgan fingerprint density at radius 1 is 0.598 bits per heavy atom. The zero-order valence-corrected chi connectivity index (χ0v) is 46.2. The van der Waals surface area contributed by atoms with Gasteiger partial charge in [-0.3, -0.25) is 33.7 Å². The molecule has 5 aliphatic rings. The Morgan fingerprint density at radius 3 is 1.77 bits per heavy atom. The number of para-hydroxylation sites is 2. The van der Waals surface area contributed by atoms with Crippen LogP contribution in [0.15, 0.2) is 181 Å². The number of carbonyl (C=O) groups is 3. The second kappa shape index (κ2) is 23.6. The van der Waals surface area contributed by atoms with E-state index in [1.54, 1.807) is 115 Å². The molecule has 13 rings (SSSR count). The standard InChI is InChI=1S/C21H16N2O4.C12H9NO3.C11H13F3O5SSi.C9H7NO2.C5H5N/c1-23-16-7-3-2-6-15(16)21(20(23)24,19-8-4-5-11-22-19)27-14-9-10-17-18(12-14)26-13-25-17;14-12-3-1-2-6-13(12)9-4-5-10-11(7-9)16-8-15-10;1-21(2,3)10-5-8-7(17-6-18-8)4-9(10)19-20(15,16)11(12,13)14;1-10-7-5-3-2-4-6(7)8(11)9(10)12;1-2-4-6-5-3-1/h2-12H,13H2,1H3;1-7H,8H2;4-5H,6H2,1-3H3;2-5H,1H3;1-5H. The van der Waals surface area contributed by atoms with E-state index in [4.69, 9.17) is 33.2 Å². The molecule has 3 aromatic heterocycles. The number of rotatable bonds is 7. The second-order valence-corrected chi connectivity index (χ2v) is 25.6. The Hall–Kier alpha value is -9.68. The predicted molar refractivity (Wildman–Crippen MR) is 296 cm³/mol. The van der Waals surface area contributed by atoms with Crippen LogP contribution >= 0.6 is 0 Å². The Balaban J connectivity index is 0.000000132. The number of alkyl halides is 3. The van der Waals surface area contributed by atoms with Crippen molar-refractivity contribution in [1.29, 1.82) is 0 Å². The van der Waals surface area contributed by atoms with E-state index >= 15 is 0 Å². The maximum Gasteiger partial charge on any atom is 0.534 e. The van der Waals surface area contributed by atoms with E-state index < -0.39 is 41.0 Å². The molecule has 0 bridgehead atoms. The Morgan fingerprint density at radius 2 is 1.17 bits per heavy atom. The third kappa shape index (κ3) is 11.9. The molecule has 5 aliphatic heterocycles. The molecule has 5 aromatic carbocycles. The number of ether oxygens (including phenoxy) is 7. The zero-order valence-electron chi connectivity index (χ0n) is 44.4. The molecule has 82 heavy (non-hydrogen) atoms. The highest BCUT2D eigenvalue weighted by Crippen LogP contribution is 2.47. The zero-order chi connectivity index (χ0) is 58.4. The van der Waals surface area contributed by atoms with Crippen LogP contribution in [0.5, 0.6) is 46.0 Å². The summed E-state index contributed by atoms with van der Waals surface area (Å²) in [5.41, 5.74) is -2.85. The van der Waals surface area contributed by atoms with Crippen molar-refractivity contribution in [3.05, 3.63) is 204 Å². The fraction of sp³-hybridized carbons (Fsp3) is 0.172. The molecule has 8 heterocycles. The van der Waals surface area contributed by atoms with E-state index in [0.717, 1.165) is 23.0 Å². The van der Waals surface area contributed by atoms with Gasteiger partial charge in [0.15, 0.2) is 34.5 Å². The minimum atomic E-state index is -5.73. The third-order valence-electron chi connectivity index (χ3n) is 12.7. The van der Waals surface area contributed by atoms with Crippen molar-refractivity contribution in [2.45, 2.75) is 30.8 Å². The predicted octanol–water partition coefficient (Wildman–Crippen LogP) is 8.79. The SMILES string of the molecule is CN1C(=O)C(=O)c2ccccc21.CN1C(=O)C(Oc2ccc3c(c2)OCO3)(c2ccccn2)c2ccccc21.C[Si](C)(C)c1cc2c(cc1OS(=O)(=O)C(F)(F)F)OCO2.O=c1ccccn1-c1ccc2c(c1)OCO2.c1ccncc1. The first-order chi connectivity index (χ1) is 39.2. The minimum Gasteiger partial charge on any atom is -0.466 e.